The second kappa shape index (κ2) is 7.49. The predicted molar refractivity (Wildman–Crippen MR) is 80.8 cm³/mol. The molecule has 2 nitrogen and oxygen atoms in total. The first-order valence-electron chi connectivity index (χ1n) is 6.99. The Morgan fingerprint density at radius 3 is 2.35 bits per heavy atom. The molecule has 0 heterocycles. The van der Waals surface area contributed by atoms with Crippen LogP contribution in [0.3, 0.4) is 0 Å². The van der Waals surface area contributed by atoms with Gasteiger partial charge in [0.25, 0.3) is 0 Å². The summed E-state index contributed by atoms with van der Waals surface area (Å²) in [5, 5.41) is 0. The van der Waals surface area contributed by atoms with Crippen molar-refractivity contribution in [3.05, 3.63) is 65.7 Å². The molecule has 0 radical (unpaired) electrons. The fraction of sp³-hybridized carbons (Fsp3) is 0.278. The molecule has 0 N–H and O–H groups in total. The fourth-order valence-electron chi connectivity index (χ4n) is 1.96. The molecule has 0 fully saturated rings. The van der Waals surface area contributed by atoms with Crippen LogP contribution in [0.15, 0.2) is 54.6 Å². The van der Waals surface area contributed by atoms with Crippen LogP contribution in [0.2, 0.25) is 0 Å². The largest absolute Gasteiger partial charge is 0.489 e. The van der Waals surface area contributed by atoms with Crippen LogP contribution < -0.4 is 4.74 Å². The van der Waals surface area contributed by atoms with Gasteiger partial charge in [0.2, 0.25) is 0 Å². The van der Waals surface area contributed by atoms with E-state index in [0.717, 1.165) is 30.4 Å². The Balaban J connectivity index is 1.84. The molecule has 1 unspecified atom stereocenters. The third kappa shape index (κ3) is 4.54. The second-order valence-corrected chi connectivity index (χ2v) is 5.07. The summed E-state index contributed by atoms with van der Waals surface area (Å²) in [5.74, 6) is 1.00. The Labute approximate surface area is 120 Å². The molecule has 104 valence electrons. The summed E-state index contributed by atoms with van der Waals surface area (Å²) in [4.78, 5) is 10.6. The van der Waals surface area contributed by atoms with E-state index >= 15 is 0 Å². The SMILES string of the molecule is CC(C=O)CCc1ccc(OCc2ccccc2)cc1. The van der Waals surface area contributed by atoms with Gasteiger partial charge in [-0.15, -0.1) is 0 Å². The summed E-state index contributed by atoms with van der Waals surface area (Å²) >= 11 is 0. The molecule has 0 saturated carbocycles. The van der Waals surface area contributed by atoms with Crippen molar-refractivity contribution in [2.45, 2.75) is 26.4 Å². The van der Waals surface area contributed by atoms with Gasteiger partial charge < -0.3 is 9.53 Å². The summed E-state index contributed by atoms with van der Waals surface area (Å²) in [5.41, 5.74) is 2.40. The maximum Gasteiger partial charge on any atom is 0.122 e. The third-order valence-electron chi connectivity index (χ3n) is 3.29. The van der Waals surface area contributed by atoms with Crippen LogP contribution in [0, 0.1) is 5.92 Å². The summed E-state index contributed by atoms with van der Waals surface area (Å²) in [7, 11) is 0. The standard InChI is InChI=1S/C18H20O2/c1-15(13-19)7-8-16-9-11-18(12-10-16)20-14-17-5-3-2-4-6-17/h2-6,9-13,15H,7-8,14H2,1H3. The molecule has 2 aromatic rings. The van der Waals surface area contributed by atoms with E-state index in [1.54, 1.807) is 0 Å². The van der Waals surface area contributed by atoms with Crippen LogP contribution in [-0.4, -0.2) is 6.29 Å². The maximum atomic E-state index is 10.6. The highest BCUT2D eigenvalue weighted by molar-refractivity contribution is 5.52. The first-order chi connectivity index (χ1) is 9.78. The molecule has 20 heavy (non-hydrogen) atoms. The van der Waals surface area contributed by atoms with Gasteiger partial charge in [0, 0.05) is 5.92 Å². The Hall–Kier alpha value is -2.09. The quantitative estimate of drug-likeness (QED) is 0.709. The van der Waals surface area contributed by atoms with Crippen LogP contribution in [0.5, 0.6) is 5.75 Å². The molecule has 0 amide bonds. The lowest BCUT2D eigenvalue weighted by molar-refractivity contribution is -0.110. The highest BCUT2D eigenvalue weighted by atomic mass is 16.5. The number of rotatable bonds is 7. The van der Waals surface area contributed by atoms with Crippen molar-refractivity contribution in [2.24, 2.45) is 5.92 Å². The number of hydrogen-bond donors (Lipinski definition) is 0. The molecule has 0 aliphatic carbocycles. The first-order valence-corrected chi connectivity index (χ1v) is 6.99. The molecule has 0 spiro atoms. The van der Waals surface area contributed by atoms with Crippen LogP contribution in [0.25, 0.3) is 0 Å². The van der Waals surface area contributed by atoms with Crippen LogP contribution in [-0.2, 0) is 17.8 Å². The summed E-state index contributed by atoms with van der Waals surface area (Å²) in [6.45, 7) is 2.53. The molecule has 0 bridgehead atoms. The minimum atomic E-state index is 0.129. The lowest BCUT2D eigenvalue weighted by Gasteiger charge is -2.08. The van der Waals surface area contributed by atoms with Crippen molar-refractivity contribution in [2.75, 3.05) is 0 Å². The maximum absolute atomic E-state index is 10.6. The molecule has 2 rings (SSSR count). The van der Waals surface area contributed by atoms with Gasteiger partial charge in [0.05, 0.1) is 0 Å². The van der Waals surface area contributed by atoms with Gasteiger partial charge >= 0.3 is 0 Å². The van der Waals surface area contributed by atoms with E-state index in [9.17, 15) is 4.79 Å². The second-order valence-electron chi connectivity index (χ2n) is 5.07. The average Bonchev–Trinajstić information content (AvgIpc) is 2.52. The topological polar surface area (TPSA) is 26.3 Å². The lowest BCUT2D eigenvalue weighted by atomic mass is 10.0. The zero-order valence-electron chi connectivity index (χ0n) is 11.8. The van der Waals surface area contributed by atoms with Crippen molar-refractivity contribution < 1.29 is 9.53 Å². The molecule has 0 aliphatic rings. The number of hydrogen-bond acceptors (Lipinski definition) is 2. The normalized spacial score (nSPS) is 11.8. The van der Waals surface area contributed by atoms with E-state index in [4.69, 9.17) is 4.74 Å². The molecule has 0 saturated heterocycles. The van der Waals surface area contributed by atoms with Crippen molar-refractivity contribution in [1.29, 1.82) is 0 Å². The van der Waals surface area contributed by atoms with Gasteiger partial charge in [-0.2, -0.15) is 0 Å². The van der Waals surface area contributed by atoms with Gasteiger partial charge in [0.1, 0.15) is 18.6 Å². The third-order valence-corrected chi connectivity index (χ3v) is 3.29. The highest BCUT2D eigenvalue weighted by Crippen LogP contribution is 2.16. The number of aldehydes is 1. The van der Waals surface area contributed by atoms with E-state index in [1.807, 2.05) is 37.3 Å². The predicted octanol–water partition coefficient (Wildman–Crippen LogP) is 4.03. The number of benzene rings is 2. The van der Waals surface area contributed by atoms with Crippen molar-refractivity contribution in [1.82, 2.24) is 0 Å². The summed E-state index contributed by atoms with van der Waals surface area (Å²) in [6.07, 6.45) is 2.84. The Morgan fingerprint density at radius 2 is 1.70 bits per heavy atom. The van der Waals surface area contributed by atoms with Crippen molar-refractivity contribution in [3.63, 3.8) is 0 Å². The highest BCUT2D eigenvalue weighted by Gasteiger charge is 2.01. The Bertz CT molecular complexity index is 517. The summed E-state index contributed by atoms with van der Waals surface area (Å²) in [6, 6.07) is 18.2. The van der Waals surface area contributed by atoms with Gasteiger partial charge in [-0.3, -0.25) is 0 Å². The van der Waals surface area contributed by atoms with Crippen molar-refractivity contribution in [3.8, 4) is 5.75 Å². The van der Waals surface area contributed by atoms with E-state index in [-0.39, 0.29) is 5.92 Å². The van der Waals surface area contributed by atoms with Gasteiger partial charge in [-0.1, -0.05) is 49.4 Å². The van der Waals surface area contributed by atoms with Crippen LogP contribution in [0.1, 0.15) is 24.5 Å². The first kappa shape index (κ1) is 14.3. The lowest BCUT2D eigenvalue weighted by Crippen LogP contribution is -1.98. The monoisotopic (exact) mass is 268 g/mol. The van der Waals surface area contributed by atoms with Gasteiger partial charge in [-0.25, -0.2) is 0 Å². The van der Waals surface area contributed by atoms with Crippen molar-refractivity contribution >= 4 is 6.29 Å². The number of aryl methyl sites for hydroxylation is 1. The van der Waals surface area contributed by atoms with Crippen LogP contribution in [0.4, 0.5) is 0 Å². The number of ether oxygens (including phenoxy) is 1. The Morgan fingerprint density at radius 1 is 1.00 bits per heavy atom. The average molecular weight is 268 g/mol. The van der Waals surface area contributed by atoms with Gasteiger partial charge in [0.15, 0.2) is 0 Å². The molecule has 2 heteroatoms. The van der Waals surface area contributed by atoms with E-state index in [1.165, 1.54) is 5.56 Å². The molecule has 2 aromatic carbocycles. The van der Waals surface area contributed by atoms with E-state index in [2.05, 4.69) is 24.3 Å². The van der Waals surface area contributed by atoms with Gasteiger partial charge in [-0.05, 0) is 36.1 Å². The van der Waals surface area contributed by atoms with Crippen LogP contribution >= 0.6 is 0 Å². The molecule has 0 aromatic heterocycles. The molecule has 0 aliphatic heterocycles. The number of carbonyl (C=O) groups excluding carboxylic acids is 1. The minimum absolute atomic E-state index is 0.129. The Kier molecular flexibility index (Phi) is 5.36. The van der Waals surface area contributed by atoms with E-state index < -0.39 is 0 Å². The molecular formula is C18H20O2. The molecule has 1 atom stereocenters. The van der Waals surface area contributed by atoms with E-state index in [0.29, 0.717) is 6.61 Å². The zero-order chi connectivity index (χ0) is 14.2. The smallest absolute Gasteiger partial charge is 0.122 e. The summed E-state index contributed by atoms with van der Waals surface area (Å²) < 4.78 is 5.74. The molecular weight excluding hydrogens is 248 g/mol. The zero-order valence-corrected chi connectivity index (χ0v) is 11.8. The number of carbonyl (C=O) groups is 1. The minimum Gasteiger partial charge on any atom is -0.489 e. The fourth-order valence-corrected chi connectivity index (χ4v) is 1.96.